The monoisotopic (exact) mass is 420 g/mol. The number of carbonyl (C=O) groups excluding carboxylic acids is 1. The number of thiazole rings is 1. The Morgan fingerprint density at radius 2 is 2.11 bits per heavy atom. The normalized spacial score (nSPS) is 12.2. The summed E-state index contributed by atoms with van der Waals surface area (Å²) in [4.78, 5) is 17.1. The van der Waals surface area contributed by atoms with Crippen LogP contribution >= 0.6 is 22.7 Å². The number of hydrogen-bond acceptors (Lipinski definition) is 6. The predicted molar refractivity (Wildman–Crippen MR) is 105 cm³/mol. The smallest absolute Gasteiger partial charge is 0.289 e. The highest BCUT2D eigenvalue weighted by molar-refractivity contribution is 7.89. The molecule has 0 atom stereocenters. The molecule has 2 aromatic heterocycles. The Labute approximate surface area is 162 Å². The summed E-state index contributed by atoms with van der Waals surface area (Å²) in [6, 6.07) is 7.30. The van der Waals surface area contributed by atoms with Crippen molar-refractivity contribution in [2.75, 3.05) is 0 Å². The zero-order valence-corrected chi connectivity index (χ0v) is 16.1. The first-order chi connectivity index (χ1) is 12.7. The number of hydrogen-bond donors (Lipinski definition) is 1. The van der Waals surface area contributed by atoms with E-state index in [-0.39, 0.29) is 21.3 Å². The number of carbonyl (C=O) groups is 1. The highest BCUT2D eigenvalue weighted by Crippen LogP contribution is 2.25. The Morgan fingerprint density at radius 3 is 2.70 bits per heavy atom. The highest BCUT2D eigenvalue weighted by atomic mass is 32.2. The predicted octanol–water partition coefficient (Wildman–Crippen LogP) is 1.63. The topological polar surface area (TPSA) is 121 Å². The van der Waals surface area contributed by atoms with Gasteiger partial charge in [0, 0.05) is 6.07 Å². The Hall–Kier alpha value is -2.78. The zero-order valence-electron chi connectivity index (χ0n) is 13.7. The maximum atomic E-state index is 12.4. The summed E-state index contributed by atoms with van der Waals surface area (Å²) in [5, 5.41) is 16.6. The Kier molecular flexibility index (Phi) is 4.99. The molecule has 0 unspecified atom stereocenters. The molecule has 0 aliphatic heterocycles. The van der Waals surface area contributed by atoms with Gasteiger partial charge in [0.25, 0.3) is 10.9 Å². The van der Waals surface area contributed by atoms with E-state index < -0.39 is 15.9 Å². The average Bonchev–Trinajstić information content (AvgIpc) is 3.20. The molecule has 0 fully saturated rings. The van der Waals surface area contributed by atoms with E-state index in [9.17, 15) is 18.4 Å². The van der Waals surface area contributed by atoms with Crippen LogP contribution in [-0.2, 0) is 16.6 Å². The fourth-order valence-electron chi connectivity index (χ4n) is 2.28. The van der Waals surface area contributed by atoms with Crippen molar-refractivity contribution in [2.45, 2.75) is 11.4 Å². The molecule has 3 aromatic rings. The van der Waals surface area contributed by atoms with E-state index in [0.29, 0.717) is 19.8 Å². The summed E-state index contributed by atoms with van der Waals surface area (Å²) >= 11 is 2.08. The molecule has 8 nitrogen and oxygen atoms in total. The molecule has 0 aliphatic carbocycles. The number of benzene rings is 1. The average molecular weight is 420 g/mol. The minimum absolute atomic E-state index is 0.0455. The van der Waals surface area contributed by atoms with Crippen molar-refractivity contribution in [2.24, 2.45) is 10.1 Å². The van der Waals surface area contributed by atoms with Gasteiger partial charge in [-0.25, -0.2) is 13.6 Å². The number of terminal acetylenes is 1. The summed E-state index contributed by atoms with van der Waals surface area (Å²) < 4.78 is 25.7. The summed E-state index contributed by atoms with van der Waals surface area (Å²) in [5.41, 5.74) is 0.632. The molecule has 27 heavy (non-hydrogen) atoms. The molecule has 138 valence electrons. The molecule has 0 bridgehead atoms. The van der Waals surface area contributed by atoms with Crippen LogP contribution in [0.5, 0.6) is 0 Å². The van der Waals surface area contributed by atoms with Crippen LogP contribution in [0.25, 0.3) is 10.2 Å². The third-order valence-electron chi connectivity index (χ3n) is 3.48. The van der Waals surface area contributed by atoms with Crippen LogP contribution in [-0.4, -0.2) is 30.3 Å². The summed E-state index contributed by atoms with van der Waals surface area (Å²) in [7, 11) is -3.86. The molecule has 1 aromatic carbocycles. The third-order valence-corrected chi connectivity index (χ3v) is 6.51. The van der Waals surface area contributed by atoms with Crippen LogP contribution < -0.4 is 9.94 Å². The molecule has 1 amide bonds. The van der Waals surface area contributed by atoms with Crippen molar-refractivity contribution < 1.29 is 18.0 Å². The van der Waals surface area contributed by atoms with Gasteiger partial charge in [0.1, 0.15) is 11.6 Å². The van der Waals surface area contributed by atoms with Crippen molar-refractivity contribution >= 4 is 60.5 Å². The van der Waals surface area contributed by atoms with E-state index in [4.69, 9.17) is 11.6 Å². The summed E-state index contributed by atoms with van der Waals surface area (Å²) in [5.74, 6) is 1.94. The third kappa shape index (κ3) is 3.83. The van der Waals surface area contributed by atoms with Crippen LogP contribution in [0.1, 0.15) is 9.67 Å². The molecule has 3 rings (SSSR count). The molecule has 0 saturated carbocycles. The van der Waals surface area contributed by atoms with Gasteiger partial charge in [0.05, 0.1) is 21.7 Å². The van der Waals surface area contributed by atoms with Gasteiger partial charge in [0.2, 0.25) is 10.0 Å². The first-order valence-electron chi connectivity index (χ1n) is 7.27. The van der Waals surface area contributed by atoms with Crippen LogP contribution in [0.15, 0.2) is 40.2 Å². The molecule has 0 saturated heterocycles. The lowest BCUT2D eigenvalue weighted by atomic mass is 10.3. The van der Waals surface area contributed by atoms with Gasteiger partial charge in [0.15, 0.2) is 4.80 Å². The number of fused-ring (bicyclic) bond motifs is 1. The summed E-state index contributed by atoms with van der Waals surface area (Å²) in [6.07, 6.45) is 5.40. The molecular weight excluding hydrogens is 408 g/mol. The number of nitrogens with zero attached hydrogens (tertiary/aromatic N) is 3. The van der Waals surface area contributed by atoms with Gasteiger partial charge >= 0.3 is 0 Å². The van der Waals surface area contributed by atoms with Gasteiger partial charge in [-0.3, -0.25) is 4.79 Å². The molecular formula is C16H12N4O4S3. The molecule has 2 N–H and O–H groups in total. The van der Waals surface area contributed by atoms with Crippen molar-refractivity contribution in [3.63, 3.8) is 0 Å². The van der Waals surface area contributed by atoms with Crippen LogP contribution in [0.4, 0.5) is 5.00 Å². The van der Waals surface area contributed by atoms with Gasteiger partial charge in [-0.05, 0) is 24.3 Å². The number of aromatic nitrogens is 1. The van der Waals surface area contributed by atoms with Crippen molar-refractivity contribution in [1.82, 2.24) is 4.57 Å². The van der Waals surface area contributed by atoms with Crippen molar-refractivity contribution in [3.05, 3.63) is 45.2 Å². The van der Waals surface area contributed by atoms with Crippen LogP contribution in [0.2, 0.25) is 0 Å². The fraction of sp³-hybridized carbons (Fsp3) is 0.0625. The molecule has 0 radical (unpaired) electrons. The Balaban J connectivity index is 2.15. The molecule has 0 spiro atoms. The number of nitrogens with two attached hydrogens (primary N) is 1. The lowest BCUT2D eigenvalue weighted by Gasteiger charge is -2.01. The summed E-state index contributed by atoms with van der Waals surface area (Å²) in [6.45, 7) is 3.37. The van der Waals surface area contributed by atoms with E-state index in [0.717, 1.165) is 22.7 Å². The molecule has 0 aliphatic rings. The van der Waals surface area contributed by atoms with Crippen LogP contribution in [0.3, 0.4) is 0 Å². The lowest BCUT2D eigenvalue weighted by Crippen LogP contribution is -2.16. The highest BCUT2D eigenvalue weighted by Gasteiger charge is 2.15. The maximum absolute atomic E-state index is 12.4. The number of sulfonamides is 1. The second-order valence-corrected chi connectivity index (χ2v) is 8.92. The van der Waals surface area contributed by atoms with Gasteiger partial charge in [-0.2, -0.15) is 9.73 Å². The van der Waals surface area contributed by atoms with E-state index in [1.165, 1.54) is 24.3 Å². The second-order valence-electron chi connectivity index (χ2n) is 5.28. The molecule has 11 heteroatoms. The van der Waals surface area contributed by atoms with Crippen molar-refractivity contribution in [3.8, 4) is 12.3 Å². The maximum Gasteiger partial charge on any atom is 0.289 e. The van der Waals surface area contributed by atoms with Gasteiger partial charge < -0.3 is 9.77 Å². The molecule has 2 heterocycles. The fourth-order valence-corrected chi connectivity index (χ4v) is 4.69. The Morgan fingerprint density at radius 1 is 1.37 bits per heavy atom. The number of amides is 1. The first kappa shape index (κ1) is 19.0. The Bertz CT molecular complexity index is 1290. The minimum Gasteiger partial charge on any atom is -0.618 e. The number of rotatable bonds is 4. The van der Waals surface area contributed by atoms with E-state index in [2.05, 4.69) is 17.6 Å². The van der Waals surface area contributed by atoms with Crippen molar-refractivity contribution in [1.29, 1.82) is 0 Å². The second kappa shape index (κ2) is 7.09. The first-order valence-corrected chi connectivity index (χ1v) is 10.4. The number of thiophene rings is 1. The van der Waals surface area contributed by atoms with Gasteiger partial charge in [-0.1, -0.05) is 28.6 Å². The largest absolute Gasteiger partial charge is 0.618 e. The van der Waals surface area contributed by atoms with E-state index in [1.807, 2.05) is 0 Å². The standard InChI is InChI=1S/C16H12N4O4S3/c1-3-8-20-11-5-4-10(27(17,23)24)9-13(11)26-16(20)18-15(21)12-6-7-14(25-12)19(2)22/h1,4-7,9H,2,8H2,(H2,17,23,24). The van der Waals surface area contributed by atoms with Gasteiger partial charge in [-0.15, -0.1) is 6.42 Å². The SMILES string of the molecule is C#CCn1c(=NC(=O)c2ccc([N+](=C)[O-])s2)sc2cc(S(N)(=O)=O)ccc21. The quantitative estimate of drug-likeness (QED) is 0.227. The zero-order chi connectivity index (χ0) is 19.8. The van der Waals surface area contributed by atoms with Crippen LogP contribution in [0, 0.1) is 17.6 Å². The minimum atomic E-state index is -3.86. The number of primary sulfonamides is 1. The van der Waals surface area contributed by atoms with E-state index >= 15 is 0 Å². The van der Waals surface area contributed by atoms with E-state index in [1.54, 1.807) is 10.6 Å². The lowest BCUT2D eigenvalue weighted by molar-refractivity contribution is -0.344.